The number of aliphatic hydroxyl groups excluding tert-OH is 1. The fraction of sp³-hybridized carbons (Fsp3) is 0.182. The summed E-state index contributed by atoms with van der Waals surface area (Å²) in [5.41, 5.74) is 1.93. The molecule has 0 aliphatic rings. The molecule has 0 fully saturated rings. The molecule has 2 rings (SSSR count). The molecule has 2 N–H and O–H groups in total. The zero-order valence-electron chi connectivity index (χ0n) is 8.40. The van der Waals surface area contributed by atoms with E-state index in [1.54, 1.807) is 18.0 Å². The van der Waals surface area contributed by atoms with Crippen LogP contribution in [0.3, 0.4) is 0 Å². The van der Waals surface area contributed by atoms with Gasteiger partial charge in [-0.2, -0.15) is 0 Å². The van der Waals surface area contributed by atoms with Crippen LogP contribution in [0.1, 0.15) is 5.82 Å². The summed E-state index contributed by atoms with van der Waals surface area (Å²) < 4.78 is 0. The Kier molecular flexibility index (Phi) is 3.08. The summed E-state index contributed by atoms with van der Waals surface area (Å²) in [6.07, 6.45) is 3.85. The molecule has 0 aliphatic heterocycles. The Bertz CT molecular complexity index is 436. The highest BCUT2D eigenvalue weighted by Crippen LogP contribution is 2.21. The zero-order chi connectivity index (χ0) is 10.7. The largest absolute Gasteiger partial charge is 0.388 e. The SMILES string of the molecule is CSc1ccc(-c2c[nH]c(CO)n2)cc1. The van der Waals surface area contributed by atoms with Crippen LogP contribution in [0.2, 0.25) is 0 Å². The molecule has 0 aliphatic carbocycles. The molecule has 15 heavy (non-hydrogen) atoms. The van der Waals surface area contributed by atoms with Gasteiger partial charge in [-0.25, -0.2) is 4.98 Å². The van der Waals surface area contributed by atoms with Crippen LogP contribution in [0, 0.1) is 0 Å². The number of thioether (sulfide) groups is 1. The Labute approximate surface area is 92.6 Å². The van der Waals surface area contributed by atoms with Crippen LogP contribution < -0.4 is 0 Å². The Morgan fingerprint density at radius 2 is 2.07 bits per heavy atom. The second-order valence-electron chi connectivity index (χ2n) is 3.12. The lowest BCUT2D eigenvalue weighted by Crippen LogP contribution is -1.84. The van der Waals surface area contributed by atoms with E-state index in [0.29, 0.717) is 5.82 Å². The van der Waals surface area contributed by atoms with Gasteiger partial charge < -0.3 is 10.1 Å². The number of nitrogens with zero attached hydrogens (tertiary/aromatic N) is 1. The average Bonchev–Trinajstić information content (AvgIpc) is 2.78. The van der Waals surface area contributed by atoms with Crippen molar-refractivity contribution in [3.05, 3.63) is 36.3 Å². The predicted molar refractivity (Wildman–Crippen MR) is 61.7 cm³/mol. The topological polar surface area (TPSA) is 48.9 Å². The van der Waals surface area contributed by atoms with Crippen molar-refractivity contribution in [2.75, 3.05) is 6.26 Å². The molecule has 0 bridgehead atoms. The summed E-state index contributed by atoms with van der Waals surface area (Å²) in [7, 11) is 0. The van der Waals surface area contributed by atoms with Crippen LogP contribution in [0.4, 0.5) is 0 Å². The fourth-order valence-electron chi connectivity index (χ4n) is 1.35. The minimum absolute atomic E-state index is 0.0527. The van der Waals surface area contributed by atoms with Crippen molar-refractivity contribution in [2.45, 2.75) is 11.5 Å². The van der Waals surface area contributed by atoms with E-state index < -0.39 is 0 Å². The normalized spacial score (nSPS) is 10.5. The molecule has 0 amide bonds. The Morgan fingerprint density at radius 3 is 2.60 bits per heavy atom. The third-order valence-electron chi connectivity index (χ3n) is 2.17. The van der Waals surface area contributed by atoms with Crippen LogP contribution in [-0.4, -0.2) is 21.3 Å². The molecular weight excluding hydrogens is 208 g/mol. The van der Waals surface area contributed by atoms with Crippen LogP contribution in [-0.2, 0) is 6.61 Å². The van der Waals surface area contributed by atoms with Gasteiger partial charge in [0.15, 0.2) is 0 Å². The van der Waals surface area contributed by atoms with E-state index in [-0.39, 0.29) is 6.61 Å². The third kappa shape index (κ3) is 2.22. The van der Waals surface area contributed by atoms with Crippen LogP contribution in [0.25, 0.3) is 11.3 Å². The number of imidazole rings is 1. The Balaban J connectivity index is 2.28. The lowest BCUT2D eigenvalue weighted by atomic mass is 10.2. The predicted octanol–water partition coefficient (Wildman–Crippen LogP) is 2.29. The molecule has 1 heterocycles. The standard InChI is InChI=1S/C11H12N2OS/c1-15-9-4-2-8(3-5-9)10-6-12-11(7-14)13-10/h2-6,14H,7H2,1H3,(H,12,13). The number of nitrogens with one attached hydrogen (secondary N) is 1. The van der Waals surface area contributed by atoms with Gasteiger partial charge in [-0.1, -0.05) is 12.1 Å². The second-order valence-corrected chi connectivity index (χ2v) is 4.00. The van der Waals surface area contributed by atoms with E-state index in [9.17, 15) is 0 Å². The number of aromatic nitrogens is 2. The first-order chi connectivity index (χ1) is 7.33. The average molecular weight is 220 g/mol. The van der Waals surface area contributed by atoms with Gasteiger partial charge in [0.05, 0.1) is 5.69 Å². The van der Waals surface area contributed by atoms with Gasteiger partial charge in [-0.05, 0) is 18.4 Å². The van der Waals surface area contributed by atoms with E-state index in [1.165, 1.54) is 4.90 Å². The third-order valence-corrected chi connectivity index (χ3v) is 2.91. The number of hydrogen-bond donors (Lipinski definition) is 2. The molecule has 2 aromatic rings. The van der Waals surface area contributed by atoms with Gasteiger partial charge in [0.25, 0.3) is 0 Å². The van der Waals surface area contributed by atoms with Gasteiger partial charge in [0.1, 0.15) is 12.4 Å². The summed E-state index contributed by atoms with van der Waals surface area (Å²) in [5.74, 6) is 0.596. The molecule has 3 nitrogen and oxygen atoms in total. The summed E-state index contributed by atoms with van der Waals surface area (Å²) in [5, 5.41) is 8.88. The smallest absolute Gasteiger partial charge is 0.132 e. The maximum absolute atomic E-state index is 8.88. The van der Waals surface area contributed by atoms with Gasteiger partial charge in [0.2, 0.25) is 0 Å². The van der Waals surface area contributed by atoms with Crippen molar-refractivity contribution in [1.29, 1.82) is 0 Å². The van der Waals surface area contributed by atoms with E-state index in [1.807, 2.05) is 18.4 Å². The molecule has 0 radical (unpaired) electrons. The summed E-state index contributed by atoms with van der Waals surface area (Å²) in [4.78, 5) is 8.39. The maximum Gasteiger partial charge on any atom is 0.132 e. The maximum atomic E-state index is 8.88. The number of hydrogen-bond acceptors (Lipinski definition) is 3. The summed E-state index contributed by atoms with van der Waals surface area (Å²) >= 11 is 1.71. The highest BCUT2D eigenvalue weighted by atomic mass is 32.2. The molecule has 1 aromatic heterocycles. The molecule has 1 aromatic carbocycles. The first-order valence-electron chi connectivity index (χ1n) is 4.63. The van der Waals surface area contributed by atoms with Gasteiger partial charge in [-0.3, -0.25) is 0 Å². The van der Waals surface area contributed by atoms with Crippen molar-refractivity contribution in [3.63, 3.8) is 0 Å². The van der Waals surface area contributed by atoms with Crippen molar-refractivity contribution in [1.82, 2.24) is 9.97 Å². The highest BCUT2D eigenvalue weighted by molar-refractivity contribution is 7.98. The first kappa shape index (κ1) is 10.3. The molecule has 78 valence electrons. The van der Waals surface area contributed by atoms with Crippen molar-refractivity contribution >= 4 is 11.8 Å². The number of benzene rings is 1. The summed E-state index contributed by atoms with van der Waals surface area (Å²) in [6.45, 7) is -0.0527. The molecule has 4 heteroatoms. The lowest BCUT2D eigenvalue weighted by Gasteiger charge is -1.98. The van der Waals surface area contributed by atoms with Gasteiger partial charge in [-0.15, -0.1) is 11.8 Å². The number of H-pyrrole nitrogens is 1. The molecular formula is C11H12N2OS. The molecule has 0 spiro atoms. The Morgan fingerprint density at radius 1 is 1.33 bits per heavy atom. The monoisotopic (exact) mass is 220 g/mol. The van der Waals surface area contributed by atoms with E-state index >= 15 is 0 Å². The minimum Gasteiger partial charge on any atom is -0.388 e. The molecule has 0 atom stereocenters. The van der Waals surface area contributed by atoms with Crippen LogP contribution in [0.5, 0.6) is 0 Å². The van der Waals surface area contributed by atoms with E-state index in [2.05, 4.69) is 22.1 Å². The molecule has 0 saturated carbocycles. The first-order valence-corrected chi connectivity index (χ1v) is 5.85. The quantitative estimate of drug-likeness (QED) is 0.780. The molecule has 0 unspecified atom stereocenters. The minimum atomic E-state index is -0.0527. The fourth-order valence-corrected chi connectivity index (χ4v) is 1.76. The van der Waals surface area contributed by atoms with Crippen LogP contribution >= 0.6 is 11.8 Å². The number of aromatic amines is 1. The van der Waals surface area contributed by atoms with E-state index in [0.717, 1.165) is 11.3 Å². The van der Waals surface area contributed by atoms with Crippen LogP contribution in [0.15, 0.2) is 35.4 Å². The zero-order valence-corrected chi connectivity index (χ0v) is 9.21. The highest BCUT2D eigenvalue weighted by Gasteiger charge is 2.02. The number of aliphatic hydroxyl groups is 1. The van der Waals surface area contributed by atoms with Crippen molar-refractivity contribution < 1.29 is 5.11 Å². The van der Waals surface area contributed by atoms with Gasteiger partial charge in [0, 0.05) is 16.7 Å². The van der Waals surface area contributed by atoms with Crippen molar-refractivity contribution in [2.24, 2.45) is 0 Å². The number of rotatable bonds is 3. The lowest BCUT2D eigenvalue weighted by molar-refractivity contribution is 0.272. The summed E-state index contributed by atoms with van der Waals surface area (Å²) in [6, 6.07) is 8.19. The Hall–Kier alpha value is -1.26. The molecule has 0 saturated heterocycles. The van der Waals surface area contributed by atoms with Crippen molar-refractivity contribution in [3.8, 4) is 11.3 Å². The second kappa shape index (κ2) is 4.51. The van der Waals surface area contributed by atoms with Gasteiger partial charge >= 0.3 is 0 Å². The van der Waals surface area contributed by atoms with E-state index in [4.69, 9.17) is 5.11 Å².